The Hall–Kier alpha value is -3.22. The molecule has 2 aromatic rings. The van der Waals surface area contributed by atoms with Crippen LogP contribution in [0.1, 0.15) is 35.2 Å². The van der Waals surface area contributed by atoms with E-state index in [9.17, 15) is 9.90 Å². The minimum absolute atomic E-state index is 0.141. The maximum atomic E-state index is 12.6. The van der Waals surface area contributed by atoms with Gasteiger partial charge in [-0.2, -0.15) is 0 Å². The first-order valence-corrected chi connectivity index (χ1v) is 11.5. The molecule has 0 saturated carbocycles. The van der Waals surface area contributed by atoms with Crippen molar-refractivity contribution in [2.45, 2.75) is 25.8 Å². The minimum Gasteiger partial charge on any atom is -0.506 e. The average molecular weight is 436 g/mol. The molecular formula is C25H33N5O2. The lowest BCUT2D eigenvalue weighted by Crippen LogP contribution is -2.52. The van der Waals surface area contributed by atoms with Crippen LogP contribution in [-0.2, 0) is 6.54 Å². The number of piperidine rings is 1. The highest BCUT2D eigenvalue weighted by Gasteiger charge is 2.21. The molecule has 170 valence electrons. The van der Waals surface area contributed by atoms with Crippen molar-refractivity contribution >= 4 is 17.6 Å². The standard InChI is InChI=1S/C25H33N5O2/c1-26-25(30-17-15-28(16-18-30)22-7-3-4-8-23(22)31)27-19-20-9-11-21(12-10-20)24(32)29-13-5-2-6-14-29/h3-4,7-12,31H,2,5-6,13-19H2,1H3,(H,26,27). The molecule has 7 nitrogen and oxygen atoms in total. The van der Waals surface area contributed by atoms with Gasteiger partial charge in [-0.15, -0.1) is 0 Å². The molecule has 0 aromatic heterocycles. The molecule has 2 heterocycles. The van der Waals surface area contributed by atoms with Crippen LogP contribution in [0.15, 0.2) is 53.5 Å². The fraction of sp³-hybridized carbons (Fsp3) is 0.440. The third-order valence-electron chi connectivity index (χ3n) is 6.31. The zero-order valence-electron chi connectivity index (χ0n) is 18.8. The van der Waals surface area contributed by atoms with E-state index in [0.29, 0.717) is 12.3 Å². The van der Waals surface area contributed by atoms with Crippen molar-refractivity contribution in [1.82, 2.24) is 15.1 Å². The molecule has 0 radical (unpaired) electrons. The SMILES string of the molecule is CN=C(NCc1ccc(C(=O)N2CCCCC2)cc1)N1CCN(c2ccccc2O)CC1. The third kappa shape index (κ3) is 5.15. The molecule has 0 unspecified atom stereocenters. The van der Waals surface area contributed by atoms with Crippen molar-refractivity contribution in [3.63, 3.8) is 0 Å². The predicted molar refractivity (Wildman–Crippen MR) is 128 cm³/mol. The molecule has 0 atom stereocenters. The maximum absolute atomic E-state index is 12.6. The lowest BCUT2D eigenvalue weighted by molar-refractivity contribution is 0.0724. The number of piperazine rings is 1. The van der Waals surface area contributed by atoms with Crippen LogP contribution in [0.2, 0.25) is 0 Å². The zero-order valence-corrected chi connectivity index (χ0v) is 18.8. The fourth-order valence-electron chi connectivity index (χ4n) is 4.45. The number of benzene rings is 2. The summed E-state index contributed by atoms with van der Waals surface area (Å²) in [5.41, 5.74) is 2.77. The number of nitrogens with zero attached hydrogens (tertiary/aromatic N) is 4. The van der Waals surface area contributed by atoms with E-state index in [0.717, 1.165) is 74.9 Å². The summed E-state index contributed by atoms with van der Waals surface area (Å²) in [5, 5.41) is 13.6. The van der Waals surface area contributed by atoms with Crippen LogP contribution in [0.3, 0.4) is 0 Å². The van der Waals surface area contributed by atoms with E-state index in [-0.39, 0.29) is 5.91 Å². The van der Waals surface area contributed by atoms with E-state index in [1.165, 1.54) is 6.42 Å². The van der Waals surface area contributed by atoms with E-state index in [4.69, 9.17) is 0 Å². The van der Waals surface area contributed by atoms with E-state index < -0.39 is 0 Å². The highest BCUT2D eigenvalue weighted by Crippen LogP contribution is 2.27. The van der Waals surface area contributed by atoms with Gasteiger partial charge in [0, 0.05) is 58.4 Å². The summed E-state index contributed by atoms with van der Waals surface area (Å²) in [6.07, 6.45) is 3.43. The predicted octanol–water partition coefficient (Wildman–Crippen LogP) is 2.92. The zero-order chi connectivity index (χ0) is 22.3. The van der Waals surface area contributed by atoms with Crippen molar-refractivity contribution in [2.24, 2.45) is 4.99 Å². The van der Waals surface area contributed by atoms with Crippen LogP contribution < -0.4 is 10.2 Å². The Balaban J connectivity index is 1.28. The quantitative estimate of drug-likeness (QED) is 0.571. The Morgan fingerprint density at radius 1 is 0.906 bits per heavy atom. The number of amides is 1. The van der Waals surface area contributed by atoms with Crippen LogP contribution in [0.25, 0.3) is 0 Å². The van der Waals surface area contributed by atoms with Crippen LogP contribution >= 0.6 is 0 Å². The number of para-hydroxylation sites is 2. The summed E-state index contributed by atoms with van der Waals surface area (Å²) in [6, 6.07) is 15.4. The van der Waals surface area contributed by atoms with Crippen LogP contribution in [0, 0.1) is 0 Å². The number of carbonyl (C=O) groups excluding carboxylic acids is 1. The van der Waals surface area contributed by atoms with Gasteiger partial charge in [0.1, 0.15) is 5.75 Å². The van der Waals surface area contributed by atoms with E-state index in [1.807, 2.05) is 47.4 Å². The lowest BCUT2D eigenvalue weighted by Gasteiger charge is -2.37. The molecule has 32 heavy (non-hydrogen) atoms. The molecule has 1 amide bonds. The molecule has 0 spiro atoms. The van der Waals surface area contributed by atoms with Gasteiger partial charge in [0.25, 0.3) is 5.91 Å². The smallest absolute Gasteiger partial charge is 0.253 e. The number of anilines is 1. The van der Waals surface area contributed by atoms with Crippen molar-refractivity contribution in [2.75, 3.05) is 51.2 Å². The Morgan fingerprint density at radius 2 is 1.59 bits per heavy atom. The Labute approximate surface area is 190 Å². The summed E-state index contributed by atoms with van der Waals surface area (Å²) in [4.78, 5) is 23.5. The minimum atomic E-state index is 0.141. The number of likely N-dealkylation sites (tertiary alicyclic amines) is 1. The summed E-state index contributed by atoms with van der Waals surface area (Å²) >= 11 is 0. The van der Waals surface area contributed by atoms with Crippen LogP contribution in [0.5, 0.6) is 5.75 Å². The molecule has 4 rings (SSSR count). The number of hydrogen-bond acceptors (Lipinski definition) is 4. The van der Waals surface area contributed by atoms with E-state index in [2.05, 4.69) is 20.1 Å². The number of guanidine groups is 1. The fourth-order valence-corrected chi connectivity index (χ4v) is 4.45. The number of phenolic OH excluding ortho intramolecular Hbond substituents is 1. The molecule has 2 aliphatic rings. The highest BCUT2D eigenvalue weighted by molar-refractivity contribution is 5.94. The molecule has 0 aliphatic carbocycles. The molecule has 2 aliphatic heterocycles. The van der Waals surface area contributed by atoms with E-state index >= 15 is 0 Å². The summed E-state index contributed by atoms with van der Waals surface area (Å²) in [5.74, 6) is 1.34. The topological polar surface area (TPSA) is 71.4 Å². The second kappa shape index (κ2) is 10.4. The first kappa shape index (κ1) is 22.0. The Kier molecular flexibility index (Phi) is 7.14. The number of aliphatic imine (C=N–C) groups is 1. The number of nitrogens with one attached hydrogen (secondary N) is 1. The Bertz CT molecular complexity index is 930. The van der Waals surface area contributed by atoms with Crippen molar-refractivity contribution in [1.29, 1.82) is 0 Å². The number of hydrogen-bond donors (Lipinski definition) is 2. The number of carbonyl (C=O) groups is 1. The first-order valence-electron chi connectivity index (χ1n) is 11.5. The monoisotopic (exact) mass is 435 g/mol. The van der Waals surface area contributed by atoms with Crippen molar-refractivity contribution in [3.8, 4) is 5.75 Å². The van der Waals surface area contributed by atoms with Gasteiger partial charge in [-0.1, -0.05) is 24.3 Å². The highest BCUT2D eigenvalue weighted by atomic mass is 16.3. The molecule has 7 heteroatoms. The first-order chi connectivity index (χ1) is 15.7. The molecule has 2 saturated heterocycles. The third-order valence-corrected chi connectivity index (χ3v) is 6.31. The number of rotatable bonds is 4. The van der Waals surface area contributed by atoms with Gasteiger partial charge in [0.15, 0.2) is 5.96 Å². The second-order valence-corrected chi connectivity index (χ2v) is 8.41. The second-order valence-electron chi connectivity index (χ2n) is 8.41. The van der Waals surface area contributed by atoms with Crippen LogP contribution in [-0.4, -0.2) is 73.1 Å². The molecular weight excluding hydrogens is 402 g/mol. The van der Waals surface area contributed by atoms with Crippen molar-refractivity contribution in [3.05, 3.63) is 59.7 Å². The molecule has 2 N–H and O–H groups in total. The van der Waals surface area contributed by atoms with Crippen LogP contribution in [0.4, 0.5) is 5.69 Å². The van der Waals surface area contributed by atoms with Crippen molar-refractivity contribution < 1.29 is 9.90 Å². The molecule has 2 fully saturated rings. The van der Waals surface area contributed by atoms with Gasteiger partial charge in [0.05, 0.1) is 5.69 Å². The molecule has 2 aromatic carbocycles. The van der Waals surface area contributed by atoms with E-state index in [1.54, 1.807) is 13.1 Å². The van der Waals surface area contributed by atoms with Gasteiger partial charge in [-0.25, -0.2) is 0 Å². The van der Waals surface area contributed by atoms with Gasteiger partial charge in [0.2, 0.25) is 0 Å². The summed E-state index contributed by atoms with van der Waals surface area (Å²) in [7, 11) is 1.80. The lowest BCUT2D eigenvalue weighted by atomic mass is 10.1. The largest absolute Gasteiger partial charge is 0.506 e. The number of aromatic hydroxyl groups is 1. The van der Waals surface area contributed by atoms with Gasteiger partial charge < -0.3 is 25.1 Å². The molecule has 0 bridgehead atoms. The average Bonchev–Trinajstić information content (AvgIpc) is 2.86. The number of phenols is 1. The Morgan fingerprint density at radius 3 is 2.25 bits per heavy atom. The maximum Gasteiger partial charge on any atom is 0.253 e. The van der Waals surface area contributed by atoms with Gasteiger partial charge in [-0.05, 0) is 49.1 Å². The summed E-state index contributed by atoms with van der Waals surface area (Å²) < 4.78 is 0. The van der Waals surface area contributed by atoms with Gasteiger partial charge >= 0.3 is 0 Å². The summed E-state index contributed by atoms with van der Waals surface area (Å²) in [6.45, 7) is 5.71. The normalized spacial score (nSPS) is 17.4. The van der Waals surface area contributed by atoms with Gasteiger partial charge in [-0.3, -0.25) is 9.79 Å².